The Labute approximate surface area is 164 Å². The molecule has 154 valence electrons. The van der Waals surface area contributed by atoms with Crippen molar-refractivity contribution in [2.45, 2.75) is 23.8 Å². The van der Waals surface area contributed by atoms with Crippen LogP contribution in [0, 0.1) is 5.82 Å². The molecule has 0 bridgehead atoms. The van der Waals surface area contributed by atoms with Gasteiger partial charge >= 0.3 is 0 Å². The third-order valence-electron chi connectivity index (χ3n) is 4.90. The summed E-state index contributed by atoms with van der Waals surface area (Å²) < 4.78 is 40.3. The van der Waals surface area contributed by atoms with Crippen LogP contribution in [0.5, 0.6) is 0 Å². The van der Waals surface area contributed by atoms with Crippen molar-refractivity contribution >= 4 is 21.8 Å². The van der Waals surface area contributed by atoms with Gasteiger partial charge in [0.1, 0.15) is 10.7 Å². The zero-order chi connectivity index (χ0) is 20.3. The van der Waals surface area contributed by atoms with E-state index in [1.165, 1.54) is 22.5 Å². The van der Waals surface area contributed by atoms with E-state index in [2.05, 4.69) is 5.32 Å². The Kier molecular flexibility index (Phi) is 6.31. The van der Waals surface area contributed by atoms with E-state index in [1.807, 2.05) is 0 Å². The Morgan fingerprint density at radius 3 is 2.39 bits per heavy atom. The molecule has 2 aliphatic rings. The first-order valence-electron chi connectivity index (χ1n) is 9.40. The first kappa shape index (κ1) is 20.7. The van der Waals surface area contributed by atoms with E-state index >= 15 is 0 Å². The van der Waals surface area contributed by atoms with Gasteiger partial charge < -0.3 is 15.1 Å². The van der Waals surface area contributed by atoms with Crippen molar-refractivity contribution in [3.63, 3.8) is 0 Å². The highest BCUT2D eigenvalue weighted by Gasteiger charge is 2.32. The average Bonchev–Trinajstić information content (AvgIpc) is 3.45. The number of carbonyl (C=O) groups is 2. The molecule has 2 fully saturated rings. The summed E-state index contributed by atoms with van der Waals surface area (Å²) in [4.78, 5) is 26.3. The molecule has 1 aliphatic carbocycles. The second kappa shape index (κ2) is 8.54. The number of hydrogen-bond donors (Lipinski definition) is 2. The van der Waals surface area contributed by atoms with E-state index in [0.29, 0.717) is 6.04 Å². The van der Waals surface area contributed by atoms with Gasteiger partial charge in [-0.05, 0) is 25.0 Å². The van der Waals surface area contributed by atoms with Crippen molar-refractivity contribution in [2.75, 3.05) is 46.3 Å². The molecule has 1 saturated carbocycles. The summed E-state index contributed by atoms with van der Waals surface area (Å²) in [5, 5.41) is 2.89. The number of benzene rings is 1. The van der Waals surface area contributed by atoms with E-state index in [4.69, 9.17) is 0 Å². The van der Waals surface area contributed by atoms with E-state index in [1.54, 1.807) is 11.9 Å². The number of nitrogens with one attached hydrogen (secondary N) is 2. The predicted molar refractivity (Wildman–Crippen MR) is 99.5 cm³/mol. The van der Waals surface area contributed by atoms with Gasteiger partial charge in [0.05, 0.1) is 7.05 Å². The van der Waals surface area contributed by atoms with Crippen molar-refractivity contribution in [2.24, 2.45) is 0 Å². The van der Waals surface area contributed by atoms with E-state index in [-0.39, 0.29) is 56.0 Å². The second-order valence-electron chi connectivity index (χ2n) is 7.37. The van der Waals surface area contributed by atoms with Crippen LogP contribution in [-0.4, -0.2) is 81.8 Å². The molecule has 8 nitrogen and oxygen atoms in total. The second-order valence-corrected chi connectivity index (χ2v) is 9.27. The largest absolute Gasteiger partial charge is 0.348 e. The number of likely N-dealkylation sites (N-methyl/N-ethyl adjacent to an activating group) is 1. The maximum atomic E-state index is 13.9. The molecule has 1 unspecified atom stereocenters. The first-order valence-corrected chi connectivity index (χ1v) is 10.8. The van der Waals surface area contributed by atoms with Crippen molar-refractivity contribution in [1.82, 2.24) is 14.5 Å². The van der Waals surface area contributed by atoms with Crippen molar-refractivity contribution in [3.8, 4) is 0 Å². The number of quaternary nitrogens is 1. The van der Waals surface area contributed by atoms with Crippen LogP contribution in [0.3, 0.4) is 0 Å². The number of amides is 2. The van der Waals surface area contributed by atoms with E-state index < -0.39 is 15.8 Å². The van der Waals surface area contributed by atoms with Crippen LogP contribution in [0.1, 0.15) is 12.8 Å². The lowest BCUT2D eigenvalue weighted by atomic mass is 10.3. The molecule has 1 atom stereocenters. The topological polar surface area (TPSA) is 91.2 Å². The highest BCUT2D eigenvalue weighted by Crippen LogP contribution is 2.20. The van der Waals surface area contributed by atoms with Crippen LogP contribution in [0.15, 0.2) is 29.2 Å². The van der Waals surface area contributed by atoms with Gasteiger partial charge in [0, 0.05) is 32.2 Å². The average molecular weight is 413 g/mol. The summed E-state index contributed by atoms with van der Waals surface area (Å²) >= 11 is 0. The van der Waals surface area contributed by atoms with Crippen LogP contribution in [0.2, 0.25) is 0 Å². The molecule has 10 heteroatoms. The number of sulfonamides is 1. The Hall–Kier alpha value is -2.04. The molecule has 1 aromatic carbocycles. The fraction of sp³-hybridized carbons (Fsp3) is 0.556. The van der Waals surface area contributed by atoms with Crippen LogP contribution < -0.4 is 10.2 Å². The zero-order valence-electron chi connectivity index (χ0n) is 15.9. The van der Waals surface area contributed by atoms with Gasteiger partial charge in [0.15, 0.2) is 13.1 Å². The standard InChI is InChI=1S/C18H25FN4O4S/c1-21(12-17(24)20-14-6-7-14)13-18(25)22-8-10-23(11-9-22)28(26,27)16-5-3-2-4-15(16)19/h2-5,14H,6-13H2,1H3,(H,20,24)/p+1. The SMILES string of the molecule is C[NH+](CC(=O)NC1CC1)CC(=O)N1CCN(S(=O)(=O)c2ccccc2F)CC1. The molecule has 3 rings (SSSR count). The first-order chi connectivity index (χ1) is 13.3. The van der Waals surface area contributed by atoms with Crippen LogP contribution >= 0.6 is 0 Å². The Balaban J connectivity index is 1.49. The minimum absolute atomic E-state index is 0.0615. The third-order valence-corrected chi connectivity index (χ3v) is 6.84. The van der Waals surface area contributed by atoms with Crippen LogP contribution in [0.4, 0.5) is 4.39 Å². The quantitative estimate of drug-likeness (QED) is 0.567. The number of nitrogens with zero attached hydrogens (tertiary/aromatic N) is 2. The van der Waals surface area contributed by atoms with Crippen molar-refractivity contribution < 1.29 is 27.3 Å². The summed E-state index contributed by atoms with van der Waals surface area (Å²) in [6.07, 6.45) is 2.04. The van der Waals surface area contributed by atoms with Gasteiger partial charge in [-0.3, -0.25) is 9.59 Å². The molecule has 28 heavy (non-hydrogen) atoms. The predicted octanol–water partition coefficient (Wildman–Crippen LogP) is -1.55. The minimum Gasteiger partial charge on any atom is -0.348 e. The molecular formula is C18H26FN4O4S+. The number of halogens is 1. The number of carbonyl (C=O) groups excluding carboxylic acids is 2. The summed E-state index contributed by atoms with van der Waals surface area (Å²) in [5.74, 6) is -0.969. The van der Waals surface area contributed by atoms with Crippen molar-refractivity contribution in [1.29, 1.82) is 0 Å². The highest BCUT2D eigenvalue weighted by molar-refractivity contribution is 7.89. The molecule has 0 aromatic heterocycles. The fourth-order valence-corrected chi connectivity index (χ4v) is 4.67. The van der Waals surface area contributed by atoms with Crippen LogP contribution in [-0.2, 0) is 19.6 Å². The van der Waals surface area contributed by atoms with Gasteiger partial charge in [-0.1, -0.05) is 12.1 Å². The fourth-order valence-electron chi connectivity index (χ4n) is 3.18. The molecule has 1 aromatic rings. The Morgan fingerprint density at radius 1 is 1.14 bits per heavy atom. The highest BCUT2D eigenvalue weighted by atomic mass is 32.2. The van der Waals surface area contributed by atoms with Crippen LogP contribution in [0.25, 0.3) is 0 Å². The summed E-state index contributed by atoms with van der Waals surface area (Å²) in [6.45, 7) is 1.11. The van der Waals surface area contributed by atoms with Gasteiger partial charge in [-0.15, -0.1) is 0 Å². The maximum Gasteiger partial charge on any atom is 0.277 e. The molecule has 0 spiro atoms. The lowest BCUT2D eigenvalue weighted by Gasteiger charge is -2.34. The molecule has 1 aliphatic heterocycles. The molecular weight excluding hydrogens is 387 g/mol. The molecule has 2 amide bonds. The number of hydrogen-bond acceptors (Lipinski definition) is 4. The molecule has 1 saturated heterocycles. The Morgan fingerprint density at radius 2 is 1.79 bits per heavy atom. The molecule has 0 radical (unpaired) electrons. The van der Waals surface area contributed by atoms with Gasteiger partial charge in [0.2, 0.25) is 10.0 Å². The normalized spacial score (nSPS) is 19.3. The number of rotatable bonds is 7. The van der Waals surface area contributed by atoms with E-state index in [0.717, 1.165) is 23.8 Å². The van der Waals surface area contributed by atoms with E-state index in [9.17, 15) is 22.4 Å². The lowest BCUT2D eigenvalue weighted by molar-refractivity contribution is -0.863. The third kappa shape index (κ3) is 5.06. The van der Waals surface area contributed by atoms with Gasteiger partial charge in [-0.2, -0.15) is 4.31 Å². The van der Waals surface area contributed by atoms with Gasteiger partial charge in [0.25, 0.3) is 11.8 Å². The molecule has 1 heterocycles. The zero-order valence-corrected chi connectivity index (χ0v) is 16.7. The monoisotopic (exact) mass is 413 g/mol. The lowest BCUT2D eigenvalue weighted by Crippen LogP contribution is -3.11. The Bertz CT molecular complexity index is 836. The minimum atomic E-state index is -3.92. The summed E-state index contributed by atoms with van der Waals surface area (Å²) in [5.41, 5.74) is 0. The van der Waals surface area contributed by atoms with Crippen molar-refractivity contribution in [3.05, 3.63) is 30.1 Å². The maximum absolute atomic E-state index is 13.9. The number of piperazine rings is 1. The summed E-state index contributed by atoms with van der Waals surface area (Å²) in [6, 6.07) is 5.57. The smallest absolute Gasteiger partial charge is 0.277 e. The molecule has 2 N–H and O–H groups in total. The van der Waals surface area contributed by atoms with Gasteiger partial charge in [-0.25, -0.2) is 12.8 Å². The summed E-state index contributed by atoms with van der Waals surface area (Å²) in [7, 11) is -2.14.